The van der Waals surface area contributed by atoms with Crippen LogP contribution in [-0.2, 0) is 0 Å². The number of nitrogen functional groups attached to an aromatic ring is 1. The molecular weight excluding hydrogens is 241 g/mol. The average Bonchev–Trinajstić information content (AvgIpc) is 2.70. The summed E-state index contributed by atoms with van der Waals surface area (Å²) < 4.78 is 13.0. The van der Waals surface area contributed by atoms with Gasteiger partial charge in [0.15, 0.2) is 0 Å². The molecule has 0 unspecified atom stereocenters. The van der Waals surface area contributed by atoms with Gasteiger partial charge in [-0.2, -0.15) is 0 Å². The summed E-state index contributed by atoms with van der Waals surface area (Å²) in [6.07, 6.45) is 0. The molecule has 92 valence electrons. The number of anilines is 1. The summed E-state index contributed by atoms with van der Waals surface area (Å²) in [4.78, 5) is 13.7. The SMILES string of the molecule is Nc1ccc(F)cc1SCCN1CCNC1=O. The molecule has 1 aliphatic rings. The minimum atomic E-state index is -0.291. The smallest absolute Gasteiger partial charge is 0.317 e. The third-order valence-corrected chi connectivity index (χ3v) is 3.59. The predicted molar refractivity (Wildman–Crippen MR) is 66.5 cm³/mol. The predicted octanol–water partition coefficient (Wildman–Crippen LogP) is 1.53. The van der Waals surface area contributed by atoms with Crippen LogP contribution in [0.25, 0.3) is 0 Å². The molecule has 1 heterocycles. The Balaban J connectivity index is 1.85. The van der Waals surface area contributed by atoms with Gasteiger partial charge in [-0.1, -0.05) is 0 Å². The van der Waals surface area contributed by atoms with E-state index in [-0.39, 0.29) is 11.8 Å². The van der Waals surface area contributed by atoms with E-state index in [1.165, 1.54) is 23.9 Å². The van der Waals surface area contributed by atoms with Crippen LogP contribution in [0, 0.1) is 5.82 Å². The Hall–Kier alpha value is -1.43. The zero-order chi connectivity index (χ0) is 12.3. The van der Waals surface area contributed by atoms with Gasteiger partial charge in [0.25, 0.3) is 0 Å². The van der Waals surface area contributed by atoms with Crippen molar-refractivity contribution >= 4 is 23.5 Å². The van der Waals surface area contributed by atoms with E-state index in [9.17, 15) is 9.18 Å². The van der Waals surface area contributed by atoms with Gasteiger partial charge in [-0.25, -0.2) is 9.18 Å². The Kier molecular flexibility index (Phi) is 3.73. The lowest BCUT2D eigenvalue weighted by Gasteiger charge is -2.13. The molecule has 1 fully saturated rings. The van der Waals surface area contributed by atoms with Crippen molar-refractivity contribution in [2.45, 2.75) is 4.90 Å². The first-order valence-corrected chi connectivity index (χ1v) is 6.36. The second-order valence-corrected chi connectivity index (χ2v) is 4.89. The van der Waals surface area contributed by atoms with Crippen molar-refractivity contribution in [2.24, 2.45) is 0 Å². The number of carbonyl (C=O) groups excluding carboxylic acids is 1. The summed E-state index contributed by atoms with van der Waals surface area (Å²) in [5, 5.41) is 2.73. The molecular formula is C11H14FN3OS. The van der Waals surface area contributed by atoms with Gasteiger partial charge >= 0.3 is 6.03 Å². The van der Waals surface area contributed by atoms with Gasteiger partial charge in [0, 0.05) is 36.0 Å². The van der Waals surface area contributed by atoms with Crippen LogP contribution in [0.2, 0.25) is 0 Å². The fourth-order valence-electron chi connectivity index (χ4n) is 1.62. The monoisotopic (exact) mass is 255 g/mol. The molecule has 1 aromatic rings. The van der Waals surface area contributed by atoms with E-state index in [0.717, 1.165) is 11.4 Å². The quantitative estimate of drug-likeness (QED) is 0.633. The molecule has 0 aromatic heterocycles. The molecule has 0 saturated carbocycles. The van der Waals surface area contributed by atoms with Crippen molar-refractivity contribution in [3.63, 3.8) is 0 Å². The molecule has 0 aliphatic carbocycles. The first-order valence-electron chi connectivity index (χ1n) is 5.37. The van der Waals surface area contributed by atoms with Gasteiger partial charge in [-0.3, -0.25) is 0 Å². The molecule has 17 heavy (non-hydrogen) atoms. The Bertz CT molecular complexity index is 427. The van der Waals surface area contributed by atoms with Gasteiger partial charge in [0.1, 0.15) is 5.82 Å². The van der Waals surface area contributed by atoms with Crippen molar-refractivity contribution in [1.82, 2.24) is 10.2 Å². The second-order valence-electron chi connectivity index (χ2n) is 3.75. The molecule has 2 amide bonds. The van der Waals surface area contributed by atoms with Crippen molar-refractivity contribution in [3.05, 3.63) is 24.0 Å². The maximum absolute atomic E-state index is 13.0. The minimum absolute atomic E-state index is 0.0298. The molecule has 6 heteroatoms. The number of nitrogens with one attached hydrogen (secondary N) is 1. The van der Waals surface area contributed by atoms with Crippen LogP contribution in [0.4, 0.5) is 14.9 Å². The van der Waals surface area contributed by atoms with Crippen molar-refractivity contribution in [1.29, 1.82) is 0 Å². The fourth-order valence-corrected chi connectivity index (χ4v) is 2.59. The van der Waals surface area contributed by atoms with Gasteiger partial charge in [0.05, 0.1) is 0 Å². The standard InChI is InChI=1S/C11H14FN3OS/c12-8-1-2-9(13)10(7-8)17-6-5-15-4-3-14-11(15)16/h1-2,7H,3-6,13H2,(H,14,16). The van der Waals surface area contributed by atoms with E-state index in [0.29, 0.717) is 24.5 Å². The van der Waals surface area contributed by atoms with Crippen LogP contribution >= 0.6 is 11.8 Å². The second kappa shape index (κ2) is 5.27. The number of hydrogen-bond acceptors (Lipinski definition) is 3. The summed E-state index contributed by atoms with van der Waals surface area (Å²) in [6, 6.07) is 4.29. The van der Waals surface area contributed by atoms with Crippen LogP contribution < -0.4 is 11.1 Å². The largest absolute Gasteiger partial charge is 0.398 e. The van der Waals surface area contributed by atoms with E-state index in [4.69, 9.17) is 5.73 Å². The molecule has 1 aromatic carbocycles. The number of urea groups is 1. The highest BCUT2D eigenvalue weighted by atomic mass is 32.2. The van der Waals surface area contributed by atoms with Gasteiger partial charge in [0.2, 0.25) is 0 Å². The van der Waals surface area contributed by atoms with Crippen LogP contribution in [0.5, 0.6) is 0 Å². The molecule has 0 atom stereocenters. The number of carbonyl (C=O) groups is 1. The molecule has 0 bridgehead atoms. The number of thioether (sulfide) groups is 1. The van der Waals surface area contributed by atoms with E-state index in [2.05, 4.69) is 5.32 Å². The Labute approximate surface area is 103 Å². The van der Waals surface area contributed by atoms with Crippen molar-refractivity contribution in [2.75, 3.05) is 31.1 Å². The number of nitrogens with two attached hydrogens (primary N) is 1. The topological polar surface area (TPSA) is 58.4 Å². The van der Waals surface area contributed by atoms with Gasteiger partial charge in [-0.15, -0.1) is 11.8 Å². The number of amides is 2. The normalized spacial score (nSPS) is 15.1. The number of benzene rings is 1. The van der Waals surface area contributed by atoms with Crippen LogP contribution in [-0.4, -0.2) is 36.3 Å². The lowest BCUT2D eigenvalue weighted by molar-refractivity contribution is 0.220. The van der Waals surface area contributed by atoms with E-state index >= 15 is 0 Å². The van der Waals surface area contributed by atoms with E-state index < -0.39 is 0 Å². The van der Waals surface area contributed by atoms with Gasteiger partial charge in [-0.05, 0) is 18.2 Å². The van der Waals surface area contributed by atoms with Gasteiger partial charge < -0.3 is 16.0 Å². The summed E-state index contributed by atoms with van der Waals surface area (Å²) in [6.45, 7) is 2.08. The zero-order valence-electron chi connectivity index (χ0n) is 9.28. The average molecular weight is 255 g/mol. The molecule has 1 saturated heterocycles. The summed E-state index contributed by atoms with van der Waals surface area (Å²) in [5.74, 6) is 0.418. The summed E-state index contributed by atoms with van der Waals surface area (Å²) in [5.41, 5.74) is 6.30. The first kappa shape index (κ1) is 12.0. The Morgan fingerprint density at radius 1 is 1.53 bits per heavy atom. The maximum Gasteiger partial charge on any atom is 0.317 e. The molecule has 4 nitrogen and oxygen atoms in total. The fraction of sp³-hybridized carbons (Fsp3) is 0.364. The van der Waals surface area contributed by atoms with Crippen LogP contribution in [0.1, 0.15) is 0 Å². The van der Waals surface area contributed by atoms with E-state index in [1.54, 1.807) is 11.0 Å². The molecule has 0 spiro atoms. The lowest BCUT2D eigenvalue weighted by Crippen LogP contribution is -2.30. The molecule has 3 N–H and O–H groups in total. The Morgan fingerprint density at radius 3 is 3.06 bits per heavy atom. The highest BCUT2D eigenvalue weighted by Gasteiger charge is 2.18. The van der Waals surface area contributed by atoms with Crippen molar-refractivity contribution in [3.8, 4) is 0 Å². The third-order valence-electron chi connectivity index (χ3n) is 2.54. The zero-order valence-corrected chi connectivity index (χ0v) is 10.1. The van der Waals surface area contributed by atoms with Crippen molar-refractivity contribution < 1.29 is 9.18 Å². The number of halogens is 1. The molecule has 1 aliphatic heterocycles. The number of hydrogen-bond donors (Lipinski definition) is 2. The Morgan fingerprint density at radius 2 is 2.35 bits per heavy atom. The highest BCUT2D eigenvalue weighted by molar-refractivity contribution is 7.99. The van der Waals surface area contributed by atoms with Crippen LogP contribution in [0.15, 0.2) is 23.1 Å². The lowest BCUT2D eigenvalue weighted by atomic mass is 10.3. The summed E-state index contributed by atoms with van der Waals surface area (Å²) in [7, 11) is 0. The molecule has 0 radical (unpaired) electrons. The number of nitrogens with zero attached hydrogens (tertiary/aromatic N) is 1. The van der Waals surface area contributed by atoms with Crippen LogP contribution in [0.3, 0.4) is 0 Å². The maximum atomic E-state index is 13.0. The highest BCUT2D eigenvalue weighted by Crippen LogP contribution is 2.25. The minimum Gasteiger partial charge on any atom is -0.398 e. The van der Waals surface area contributed by atoms with E-state index in [1.807, 2.05) is 0 Å². The first-order chi connectivity index (χ1) is 8.16. The summed E-state index contributed by atoms with van der Waals surface area (Å²) >= 11 is 1.46. The third kappa shape index (κ3) is 3.03. The number of rotatable bonds is 4. The molecule has 2 rings (SSSR count).